The molecule has 7 rings (SSSR count). The van der Waals surface area contributed by atoms with Gasteiger partial charge in [0.1, 0.15) is 101 Å². The van der Waals surface area contributed by atoms with Crippen LogP contribution in [0.2, 0.25) is 0 Å². The van der Waals surface area contributed by atoms with Crippen LogP contribution in [0.1, 0.15) is 19.4 Å². The van der Waals surface area contributed by atoms with E-state index in [9.17, 15) is 75.7 Å². The van der Waals surface area contributed by atoms with E-state index in [1.807, 2.05) is 0 Å². The van der Waals surface area contributed by atoms with Crippen LogP contribution < -0.4 is 24.4 Å². The molecule has 24 nitrogen and oxygen atoms in total. The molecule has 368 valence electrons. The van der Waals surface area contributed by atoms with Crippen LogP contribution in [0.25, 0.3) is 28.4 Å². The molecule has 0 unspecified atom stereocenters. The maximum absolute atomic E-state index is 14.5. The van der Waals surface area contributed by atoms with Crippen molar-refractivity contribution in [2.24, 2.45) is 0 Å². The smallest absolute Gasteiger partial charge is 0.336 e. The summed E-state index contributed by atoms with van der Waals surface area (Å²) in [4.78, 5) is 39.3. The minimum absolute atomic E-state index is 0.0555. The molecule has 0 radical (unpaired) electrons. The number of carbonyl (C=O) groups is 2. The average molecular weight is 961 g/mol. The highest BCUT2D eigenvalue weighted by Crippen LogP contribution is 2.39. The van der Waals surface area contributed by atoms with Gasteiger partial charge in [0.15, 0.2) is 18.2 Å². The van der Waals surface area contributed by atoms with Gasteiger partial charge in [-0.05, 0) is 49.4 Å². The number of aliphatic hydroxyl groups is 10. The third-order valence-corrected chi connectivity index (χ3v) is 11.1. The molecule has 0 amide bonds. The van der Waals surface area contributed by atoms with Crippen LogP contribution in [-0.2, 0) is 28.5 Å². The summed E-state index contributed by atoms with van der Waals surface area (Å²) in [5.41, 5.74) is -1.36. The number of esters is 2. The predicted molar refractivity (Wildman–Crippen MR) is 224 cm³/mol. The molecule has 12 N–H and O–H groups in total. The number of fused-ring (bicyclic) bond motifs is 1. The Bertz CT molecular complexity index is 2530. The second-order valence-corrected chi connectivity index (χ2v) is 15.9. The van der Waals surface area contributed by atoms with Gasteiger partial charge in [-0.3, -0.25) is 9.59 Å². The lowest BCUT2D eigenvalue weighted by Gasteiger charge is -2.45. The SMILES string of the molecule is CC(=O)Oc1ccc(-c2oc3cc(OC(=O)C=Cc4ccc(O)cc4O[C@@H]4O[C@H](CO)[C@@H](O)[C@H](O)[C@H]4O)cc(O)c3c(=O)c2O[C@@H]2O[C@H](CO)[C@@H](O)[C@H](O)[C@H]2O[C@@H]2O[C@@H](C)[C@H](O)[C@@H](O)[C@H]2O)cc1. The number of hydrogen-bond donors (Lipinski definition) is 12. The largest absolute Gasteiger partial charge is 0.508 e. The van der Waals surface area contributed by atoms with E-state index in [1.54, 1.807) is 0 Å². The highest BCUT2D eigenvalue weighted by atomic mass is 16.8. The Morgan fingerprint density at radius 3 is 1.97 bits per heavy atom. The molecular weight excluding hydrogens is 912 g/mol. The third-order valence-electron chi connectivity index (χ3n) is 11.1. The molecule has 3 aromatic carbocycles. The minimum Gasteiger partial charge on any atom is -0.508 e. The zero-order valence-corrected chi connectivity index (χ0v) is 35.7. The van der Waals surface area contributed by atoms with E-state index in [-0.39, 0.29) is 34.1 Å². The molecule has 15 atom stereocenters. The third kappa shape index (κ3) is 10.4. The molecule has 0 bridgehead atoms. The summed E-state index contributed by atoms with van der Waals surface area (Å²) in [5, 5.41) is 124. The number of aliphatic hydroxyl groups excluding tert-OH is 10. The number of aromatic hydroxyl groups is 2. The Balaban J connectivity index is 1.21. The Hall–Kier alpha value is -5.81. The van der Waals surface area contributed by atoms with Gasteiger partial charge in [0.05, 0.1) is 19.3 Å². The summed E-state index contributed by atoms with van der Waals surface area (Å²) in [6.45, 7) is 0.881. The van der Waals surface area contributed by atoms with Crippen molar-refractivity contribution in [3.8, 4) is 45.8 Å². The molecule has 4 aromatic rings. The summed E-state index contributed by atoms with van der Waals surface area (Å²) in [7, 11) is 0. The molecule has 24 heteroatoms. The quantitative estimate of drug-likeness (QED) is 0.0378. The van der Waals surface area contributed by atoms with Gasteiger partial charge in [-0.15, -0.1) is 0 Å². The first-order valence-corrected chi connectivity index (χ1v) is 20.8. The zero-order chi connectivity index (χ0) is 49.3. The zero-order valence-electron chi connectivity index (χ0n) is 35.7. The number of rotatable bonds is 13. The molecule has 1 aromatic heterocycles. The summed E-state index contributed by atoms with van der Waals surface area (Å²) < 4.78 is 50.8. The standard InChI is InChI=1S/C44H48O24/c1-16-30(51)34(55)37(58)42(60-16)68-41-36(57)32(53)27(15-46)66-44(41)67-40-33(54)29-23(49)12-22(13-25(29)63-39(40)19-4-8-21(9-5-19)61-17(2)47)62-28(50)10-6-18-3-7-20(48)11-24(18)64-43-38(59)35(56)31(52)26(14-45)65-43/h3-13,16,26-27,30-32,34-38,41-46,48-49,51-53,55-59H,14-15H2,1-2H3/t16-,26+,27+,30-,31+,32+,34+,35-,36-,37+,38+,41+,42-,43+,44-/m0/s1. The van der Waals surface area contributed by atoms with E-state index in [0.29, 0.717) is 0 Å². The van der Waals surface area contributed by atoms with Crippen molar-refractivity contribution in [2.45, 2.75) is 106 Å². The molecule has 68 heavy (non-hydrogen) atoms. The Labute approximate surface area is 383 Å². The number of phenolic OH excluding ortho intramolecular Hbond substituents is 2. The minimum atomic E-state index is -1.99. The van der Waals surface area contributed by atoms with Crippen molar-refractivity contribution in [3.05, 3.63) is 76.5 Å². The summed E-state index contributed by atoms with van der Waals surface area (Å²) in [6, 6.07) is 10.9. The first-order valence-electron chi connectivity index (χ1n) is 20.8. The lowest BCUT2D eigenvalue weighted by atomic mass is 9.97. The normalized spacial score (nSPS) is 31.9. The van der Waals surface area contributed by atoms with Crippen LogP contribution in [0.15, 0.2) is 69.9 Å². The fourth-order valence-electron chi connectivity index (χ4n) is 7.51. The maximum atomic E-state index is 14.5. The number of phenols is 2. The summed E-state index contributed by atoms with van der Waals surface area (Å²) in [6.07, 6.45) is -23.6. The monoisotopic (exact) mass is 960 g/mol. The lowest BCUT2D eigenvalue weighted by Crippen LogP contribution is -2.64. The van der Waals surface area contributed by atoms with E-state index < -0.39 is 151 Å². The van der Waals surface area contributed by atoms with E-state index in [1.165, 1.54) is 43.3 Å². The van der Waals surface area contributed by atoms with Crippen molar-refractivity contribution in [1.82, 2.24) is 0 Å². The highest BCUT2D eigenvalue weighted by molar-refractivity contribution is 5.92. The van der Waals surface area contributed by atoms with E-state index in [2.05, 4.69) is 0 Å². The Kier molecular flexibility index (Phi) is 15.3. The van der Waals surface area contributed by atoms with Gasteiger partial charge in [0.2, 0.25) is 23.8 Å². The molecule has 3 aliphatic heterocycles. The Morgan fingerprint density at radius 2 is 1.31 bits per heavy atom. The molecular formula is C44H48O24. The topological polar surface area (TPSA) is 381 Å². The van der Waals surface area contributed by atoms with Crippen LogP contribution in [-0.4, -0.2) is 179 Å². The van der Waals surface area contributed by atoms with Gasteiger partial charge < -0.3 is 104 Å². The molecule has 3 aliphatic rings. The van der Waals surface area contributed by atoms with Gasteiger partial charge in [-0.1, -0.05) is 0 Å². The second kappa shape index (κ2) is 20.8. The van der Waals surface area contributed by atoms with Gasteiger partial charge in [-0.25, -0.2) is 4.79 Å². The van der Waals surface area contributed by atoms with E-state index >= 15 is 0 Å². The van der Waals surface area contributed by atoms with Gasteiger partial charge in [0, 0.05) is 42.3 Å². The van der Waals surface area contributed by atoms with Crippen LogP contribution in [0, 0.1) is 0 Å². The predicted octanol–water partition coefficient (Wildman–Crippen LogP) is -2.38. The molecule has 4 heterocycles. The summed E-state index contributed by atoms with van der Waals surface area (Å²) in [5.74, 6) is -4.50. The average Bonchev–Trinajstić information content (AvgIpc) is 3.30. The number of ether oxygens (including phenoxy) is 8. The van der Waals surface area contributed by atoms with Crippen molar-refractivity contribution in [3.63, 3.8) is 0 Å². The molecule has 3 fully saturated rings. The van der Waals surface area contributed by atoms with Crippen LogP contribution >= 0.6 is 0 Å². The van der Waals surface area contributed by atoms with Crippen molar-refractivity contribution in [2.75, 3.05) is 13.2 Å². The first-order chi connectivity index (χ1) is 32.3. The summed E-state index contributed by atoms with van der Waals surface area (Å²) >= 11 is 0. The van der Waals surface area contributed by atoms with Gasteiger partial charge >= 0.3 is 11.9 Å². The van der Waals surface area contributed by atoms with Crippen LogP contribution in [0.5, 0.6) is 34.5 Å². The maximum Gasteiger partial charge on any atom is 0.336 e. The molecule has 0 spiro atoms. The van der Waals surface area contributed by atoms with Crippen molar-refractivity contribution < 1.29 is 113 Å². The first kappa shape index (κ1) is 50.1. The highest BCUT2D eigenvalue weighted by Gasteiger charge is 2.51. The number of benzene rings is 3. The number of hydrogen-bond acceptors (Lipinski definition) is 24. The number of carbonyl (C=O) groups excluding carboxylic acids is 2. The van der Waals surface area contributed by atoms with Crippen LogP contribution in [0.4, 0.5) is 0 Å². The van der Waals surface area contributed by atoms with Gasteiger partial charge in [-0.2, -0.15) is 0 Å². The van der Waals surface area contributed by atoms with Crippen molar-refractivity contribution >= 4 is 29.0 Å². The fourth-order valence-corrected chi connectivity index (χ4v) is 7.51. The molecule has 0 aliphatic carbocycles. The lowest BCUT2D eigenvalue weighted by molar-refractivity contribution is -0.354. The van der Waals surface area contributed by atoms with E-state index in [0.717, 1.165) is 37.3 Å². The van der Waals surface area contributed by atoms with Crippen molar-refractivity contribution in [1.29, 1.82) is 0 Å². The molecule has 3 saturated heterocycles. The van der Waals surface area contributed by atoms with Gasteiger partial charge in [0.25, 0.3) is 0 Å². The van der Waals surface area contributed by atoms with E-state index in [4.69, 9.17) is 42.3 Å². The Morgan fingerprint density at radius 1 is 0.676 bits per heavy atom. The fraction of sp³-hybridized carbons (Fsp3) is 0.432. The van der Waals surface area contributed by atoms with Crippen LogP contribution in [0.3, 0.4) is 0 Å². The molecule has 0 saturated carbocycles. The second-order valence-electron chi connectivity index (χ2n) is 15.9.